The third-order valence-corrected chi connectivity index (χ3v) is 3.52. The number of nitrogens with zero attached hydrogens (tertiary/aromatic N) is 1. The minimum atomic E-state index is -0.183. The number of aryl methyl sites for hydroxylation is 2. The van der Waals surface area contributed by atoms with Gasteiger partial charge < -0.3 is 0 Å². The van der Waals surface area contributed by atoms with Gasteiger partial charge in [-0.2, -0.15) is 5.10 Å². The standard InChI is InChI=1S/C14H14N2OS/c1-10-5-3-4-6-13(10)14(17)16-15-9-12-7-8-18-11(12)2/h3-9H,1-2H3,(H,16,17). The summed E-state index contributed by atoms with van der Waals surface area (Å²) in [7, 11) is 0. The largest absolute Gasteiger partial charge is 0.271 e. The fourth-order valence-corrected chi connectivity index (χ4v) is 2.25. The summed E-state index contributed by atoms with van der Waals surface area (Å²) in [6.07, 6.45) is 1.67. The Bertz CT molecular complexity index is 587. The van der Waals surface area contributed by atoms with E-state index in [2.05, 4.69) is 10.5 Å². The molecular weight excluding hydrogens is 244 g/mol. The summed E-state index contributed by atoms with van der Waals surface area (Å²) in [6, 6.07) is 9.42. The quantitative estimate of drug-likeness (QED) is 0.667. The predicted molar refractivity (Wildman–Crippen MR) is 75.3 cm³/mol. The monoisotopic (exact) mass is 258 g/mol. The second-order valence-electron chi connectivity index (χ2n) is 3.95. The molecule has 18 heavy (non-hydrogen) atoms. The number of thiophene rings is 1. The van der Waals surface area contributed by atoms with E-state index in [0.717, 1.165) is 11.1 Å². The van der Waals surface area contributed by atoms with E-state index in [9.17, 15) is 4.79 Å². The minimum absolute atomic E-state index is 0.183. The van der Waals surface area contributed by atoms with E-state index in [1.54, 1.807) is 23.6 Å². The molecule has 0 atom stereocenters. The molecule has 0 radical (unpaired) electrons. The Morgan fingerprint density at radius 1 is 1.28 bits per heavy atom. The smallest absolute Gasteiger partial charge is 0.267 e. The first-order valence-electron chi connectivity index (χ1n) is 5.61. The molecule has 0 aliphatic carbocycles. The van der Waals surface area contributed by atoms with E-state index >= 15 is 0 Å². The summed E-state index contributed by atoms with van der Waals surface area (Å²) in [5.74, 6) is -0.183. The molecule has 1 N–H and O–H groups in total. The van der Waals surface area contributed by atoms with E-state index in [1.807, 2.05) is 43.5 Å². The molecule has 1 aromatic heterocycles. The number of hydrogen-bond acceptors (Lipinski definition) is 3. The number of amides is 1. The first-order chi connectivity index (χ1) is 8.68. The average molecular weight is 258 g/mol. The molecule has 1 aromatic carbocycles. The lowest BCUT2D eigenvalue weighted by molar-refractivity contribution is 0.0954. The molecule has 2 aromatic rings. The van der Waals surface area contributed by atoms with Gasteiger partial charge in [-0.05, 0) is 36.9 Å². The normalized spacial score (nSPS) is 10.8. The Morgan fingerprint density at radius 3 is 2.72 bits per heavy atom. The van der Waals surface area contributed by atoms with Crippen LogP contribution in [-0.4, -0.2) is 12.1 Å². The van der Waals surface area contributed by atoms with Crippen molar-refractivity contribution in [2.75, 3.05) is 0 Å². The first-order valence-corrected chi connectivity index (χ1v) is 6.49. The lowest BCUT2D eigenvalue weighted by atomic mass is 10.1. The van der Waals surface area contributed by atoms with Gasteiger partial charge >= 0.3 is 0 Å². The molecule has 3 nitrogen and oxygen atoms in total. The third-order valence-electron chi connectivity index (χ3n) is 2.66. The molecule has 0 bridgehead atoms. The highest BCUT2D eigenvalue weighted by Crippen LogP contribution is 2.12. The highest BCUT2D eigenvalue weighted by molar-refractivity contribution is 7.10. The molecule has 0 saturated carbocycles. The van der Waals surface area contributed by atoms with E-state index < -0.39 is 0 Å². The molecule has 0 unspecified atom stereocenters. The van der Waals surface area contributed by atoms with Gasteiger partial charge in [0.2, 0.25) is 0 Å². The Morgan fingerprint density at radius 2 is 2.06 bits per heavy atom. The second kappa shape index (κ2) is 5.60. The van der Waals surface area contributed by atoms with Crippen LogP contribution in [0.15, 0.2) is 40.8 Å². The summed E-state index contributed by atoms with van der Waals surface area (Å²) in [4.78, 5) is 13.0. The number of carbonyl (C=O) groups excluding carboxylic acids is 1. The Hall–Kier alpha value is -1.94. The Balaban J connectivity index is 2.03. The summed E-state index contributed by atoms with van der Waals surface area (Å²) in [5, 5.41) is 5.97. The summed E-state index contributed by atoms with van der Waals surface area (Å²) in [5.41, 5.74) is 5.16. The van der Waals surface area contributed by atoms with Crippen molar-refractivity contribution in [1.29, 1.82) is 0 Å². The molecule has 1 heterocycles. The first kappa shape index (κ1) is 12.5. The van der Waals surface area contributed by atoms with Crippen LogP contribution in [0.4, 0.5) is 0 Å². The van der Waals surface area contributed by atoms with Crippen molar-refractivity contribution in [3.05, 3.63) is 57.3 Å². The van der Waals surface area contributed by atoms with Crippen molar-refractivity contribution in [1.82, 2.24) is 5.43 Å². The topological polar surface area (TPSA) is 41.5 Å². The summed E-state index contributed by atoms with van der Waals surface area (Å²) in [6.45, 7) is 3.93. The molecule has 0 aliphatic rings. The number of nitrogens with one attached hydrogen (secondary N) is 1. The van der Waals surface area contributed by atoms with E-state index in [1.165, 1.54) is 4.88 Å². The highest BCUT2D eigenvalue weighted by atomic mass is 32.1. The van der Waals surface area contributed by atoms with Gasteiger partial charge in [0.05, 0.1) is 6.21 Å². The maximum Gasteiger partial charge on any atom is 0.271 e. The van der Waals surface area contributed by atoms with Crippen molar-refractivity contribution in [2.45, 2.75) is 13.8 Å². The van der Waals surface area contributed by atoms with Gasteiger partial charge in [-0.25, -0.2) is 5.43 Å². The van der Waals surface area contributed by atoms with Gasteiger partial charge in [0.25, 0.3) is 5.91 Å². The van der Waals surface area contributed by atoms with Crippen molar-refractivity contribution in [3.8, 4) is 0 Å². The minimum Gasteiger partial charge on any atom is -0.267 e. The number of hydrogen-bond donors (Lipinski definition) is 1. The van der Waals surface area contributed by atoms with Gasteiger partial charge in [-0.15, -0.1) is 11.3 Å². The highest BCUT2D eigenvalue weighted by Gasteiger charge is 2.06. The number of rotatable bonds is 3. The van der Waals surface area contributed by atoms with Gasteiger partial charge in [-0.3, -0.25) is 4.79 Å². The van der Waals surface area contributed by atoms with Crippen molar-refractivity contribution < 1.29 is 4.79 Å². The van der Waals surface area contributed by atoms with E-state index in [-0.39, 0.29) is 5.91 Å². The third kappa shape index (κ3) is 2.84. The molecule has 1 amide bonds. The van der Waals surface area contributed by atoms with Gasteiger partial charge in [0.1, 0.15) is 0 Å². The van der Waals surface area contributed by atoms with Crippen LogP contribution in [-0.2, 0) is 0 Å². The van der Waals surface area contributed by atoms with Crippen LogP contribution < -0.4 is 5.43 Å². The lowest BCUT2D eigenvalue weighted by Gasteiger charge is -2.02. The lowest BCUT2D eigenvalue weighted by Crippen LogP contribution is -2.18. The zero-order valence-corrected chi connectivity index (χ0v) is 11.1. The van der Waals surface area contributed by atoms with Crippen LogP contribution in [0.3, 0.4) is 0 Å². The maximum atomic E-state index is 11.9. The van der Waals surface area contributed by atoms with Crippen molar-refractivity contribution in [3.63, 3.8) is 0 Å². The van der Waals surface area contributed by atoms with Crippen LogP contribution in [0.1, 0.15) is 26.4 Å². The van der Waals surface area contributed by atoms with Crippen LogP contribution >= 0.6 is 11.3 Å². The predicted octanol–water partition coefficient (Wildman–Crippen LogP) is 3.13. The number of carbonyl (C=O) groups is 1. The Kier molecular flexibility index (Phi) is 3.89. The second-order valence-corrected chi connectivity index (χ2v) is 5.07. The molecule has 2 rings (SSSR count). The molecule has 0 aliphatic heterocycles. The van der Waals surface area contributed by atoms with Gasteiger partial charge in [-0.1, -0.05) is 18.2 Å². The fraction of sp³-hybridized carbons (Fsp3) is 0.143. The van der Waals surface area contributed by atoms with Crippen LogP contribution in [0.25, 0.3) is 0 Å². The van der Waals surface area contributed by atoms with Crippen LogP contribution in [0, 0.1) is 13.8 Å². The van der Waals surface area contributed by atoms with E-state index in [4.69, 9.17) is 0 Å². The number of hydrazone groups is 1. The zero-order valence-electron chi connectivity index (χ0n) is 10.3. The fourth-order valence-electron chi connectivity index (χ4n) is 1.58. The van der Waals surface area contributed by atoms with Crippen molar-refractivity contribution >= 4 is 23.5 Å². The summed E-state index contributed by atoms with van der Waals surface area (Å²) < 4.78 is 0. The van der Waals surface area contributed by atoms with Gasteiger partial charge in [0, 0.05) is 16.0 Å². The van der Waals surface area contributed by atoms with Crippen LogP contribution in [0.2, 0.25) is 0 Å². The van der Waals surface area contributed by atoms with E-state index in [0.29, 0.717) is 5.56 Å². The molecule has 0 saturated heterocycles. The summed E-state index contributed by atoms with van der Waals surface area (Å²) >= 11 is 1.66. The average Bonchev–Trinajstić information content (AvgIpc) is 2.75. The molecule has 0 fully saturated rings. The van der Waals surface area contributed by atoms with Crippen molar-refractivity contribution in [2.24, 2.45) is 5.10 Å². The molecule has 0 spiro atoms. The maximum absolute atomic E-state index is 11.9. The SMILES string of the molecule is Cc1ccccc1C(=O)NN=Cc1ccsc1C. The van der Waals surface area contributed by atoms with Gasteiger partial charge in [0.15, 0.2) is 0 Å². The Labute approximate surface area is 110 Å². The van der Waals surface area contributed by atoms with Crippen LogP contribution in [0.5, 0.6) is 0 Å². The molecule has 92 valence electrons. The number of benzene rings is 1. The molecular formula is C14H14N2OS. The zero-order chi connectivity index (χ0) is 13.0. The molecule has 4 heteroatoms.